The Morgan fingerprint density at radius 2 is 1.95 bits per heavy atom. The third-order valence-electron chi connectivity index (χ3n) is 3.58. The second-order valence-electron chi connectivity index (χ2n) is 4.94. The summed E-state index contributed by atoms with van der Waals surface area (Å²) in [6, 6.07) is 14.7. The molecular weight excluding hydrogens is 286 g/mol. The maximum Gasteiger partial charge on any atom is 0.335 e. The van der Waals surface area contributed by atoms with E-state index in [1.165, 1.54) is 0 Å². The van der Waals surface area contributed by atoms with E-state index in [9.17, 15) is 4.79 Å². The number of benzene rings is 2. The van der Waals surface area contributed by atoms with Gasteiger partial charge in [0, 0.05) is 12.7 Å². The Labute approximate surface area is 128 Å². The van der Waals surface area contributed by atoms with Crippen LogP contribution in [0, 0.1) is 0 Å². The van der Waals surface area contributed by atoms with Crippen LogP contribution in [0.5, 0.6) is 0 Å². The summed E-state index contributed by atoms with van der Waals surface area (Å²) < 4.78 is 0. The molecular formula is C17H14ClNO2. The Balaban J connectivity index is 1.91. The molecule has 0 aliphatic carbocycles. The third-order valence-corrected chi connectivity index (χ3v) is 3.90. The molecule has 2 aromatic carbocycles. The minimum absolute atomic E-state index is 0.310. The van der Waals surface area contributed by atoms with Crippen LogP contribution in [0.1, 0.15) is 22.3 Å². The number of carbonyl (C=O) groups is 1. The molecule has 0 amide bonds. The summed E-state index contributed by atoms with van der Waals surface area (Å²) in [6.45, 7) is 0.844. The zero-order valence-corrected chi connectivity index (χ0v) is 12.0. The van der Waals surface area contributed by atoms with Gasteiger partial charge in [-0.1, -0.05) is 35.9 Å². The van der Waals surface area contributed by atoms with Crippen LogP contribution < -0.4 is 4.90 Å². The maximum absolute atomic E-state index is 11.1. The molecule has 106 valence electrons. The Kier molecular flexibility index (Phi) is 3.67. The van der Waals surface area contributed by atoms with Crippen LogP contribution in [0.3, 0.4) is 0 Å². The number of halogens is 1. The summed E-state index contributed by atoms with van der Waals surface area (Å²) in [7, 11) is 0. The molecule has 0 aromatic heterocycles. The van der Waals surface area contributed by atoms with Crippen LogP contribution in [-0.2, 0) is 0 Å². The third kappa shape index (κ3) is 2.78. The molecule has 1 aliphatic heterocycles. The first kappa shape index (κ1) is 13.7. The average molecular weight is 300 g/mol. The van der Waals surface area contributed by atoms with Gasteiger partial charge in [-0.2, -0.15) is 0 Å². The summed E-state index contributed by atoms with van der Waals surface area (Å²) in [4.78, 5) is 13.2. The van der Waals surface area contributed by atoms with Crippen molar-refractivity contribution in [3.63, 3.8) is 0 Å². The van der Waals surface area contributed by atoms with Crippen LogP contribution in [-0.4, -0.2) is 17.6 Å². The van der Waals surface area contributed by atoms with Crippen LogP contribution >= 0.6 is 11.6 Å². The molecule has 4 heteroatoms. The van der Waals surface area contributed by atoms with E-state index in [-0.39, 0.29) is 0 Å². The molecule has 1 heterocycles. The Hall–Kier alpha value is -2.26. The normalized spacial score (nSPS) is 14.1. The predicted octanol–water partition coefficient (Wildman–Crippen LogP) is 4.29. The molecule has 0 bridgehead atoms. The maximum atomic E-state index is 11.1. The molecule has 0 radical (unpaired) electrons. The van der Waals surface area contributed by atoms with Crippen LogP contribution in [0.15, 0.2) is 54.7 Å². The fraction of sp³-hybridized carbons (Fsp3) is 0.118. The number of para-hydroxylation sites is 1. The van der Waals surface area contributed by atoms with E-state index in [0.29, 0.717) is 10.6 Å². The van der Waals surface area contributed by atoms with Crippen molar-refractivity contribution in [1.29, 1.82) is 0 Å². The van der Waals surface area contributed by atoms with Crippen molar-refractivity contribution >= 4 is 28.8 Å². The molecule has 1 N–H and O–H groups in total. The monoisotopic (exact) mass is 299 g/mol. The zero-order valence-electron chi connectivity index (χ0n) is 11.3. The van der Waals surface area contributed by atoms with Crippen molar-refractivity contribution in [2.75, 3.05) is 11.4 Å². The molecule has 21 heavy (non-hydrogen) atoms. The van der Waals surface area contributed by atoms with E-state index in [0.717, 1.165) is 29.8 Å². The van der Waals surface area contributed by atoms with E-state index in [1.54, 1.807) is 18.2 Å². The van der Waals surface area contributed by atoms with E-state index in [1.807, 2.05) is 36.5 Å². The van der Waals surface area contributed by atoms with Gasteiger partial charge in [-0.05, 0) is 41.8 Å². The Bertz CT molecular complexity index is 724. The van der Waals surface area contributed by atoms with Gasteiger partial charge in [0.15, 0.2) is 0 Å². The SMILES string of the molecule is O=C(O)c1cccc(C2=CN(c3ccccc3Cl)CC2)c1. The summed E-state index contributed by atoms with van der Waals surface area (Å²) in [6.07, 6.45) is 2.91. The van der Waals surface area contributed by atoms with Gasteiger partial charge in [0.25, 0.3) is 0 Å². The summed E-state index contributed by atoms with van der Waals surface area (Å²) in [5.74, 6) is -0.904. The number of hydrogen-bond acceptors (Lipinski definition) is 2. The largest absolute Gasteiger partial charge is 0.478 e. The first-order chi connectivity index (χ1) is 10.1. The van der Waals surface area contributed by atoms with Crippen molar-refractivity contribution in [2.24, 2.45) is 0 Å². The van der Waals surface area contributed by atoms with E-state index in [4.69, 9.17) is 16.7 Å². The zero-order chi connectivity index (χ0) is 14.8. The standard InChI is InChI=1S/C17H14ClNO2/c18-15-6-1-2-7-16(15)19-9-8-14(11-19)12-4-3-5-13(10-12)17(20)21/h1-7,10-11H,8-9H2,(H,20,21). The lowest BCUT2D eigenvalue weighted by Gasteiger charge is -2.16. The van der Waals surface area contributed by atoms with Crippen molar-refractivity contribution in [3.05, 3.63) is 70.9 Å². The highest BCUT2D eigenvalue weighted by molar-refractivity contribution is 6.33. The van der Waals surface area contributed by atoms with Gasteiger partial charge in [-0.3, -0.25) is 0 Å². The molecule has 0 fully saturated rings. The summed E-state index contributed by atoms with van der Waals surface area (Å²) in [5, 5.41) is 9.79. The minimum Gasteiger partial charge on any atom is -0.478 e. The second-order valence-corrected chi connectivity index (χ2v) is 5.34. The van der Waals surface area contributed by atoms with Crippen molar-refractivity contribution < 1.29 is 9.90 Å². The summed E-state index contributed by atoms with van der Waals surface area (Å²) >= 11 is 6.22. The lowest BCUT2D eigenvalue weighted by Crippen LogP contribution is -2.12. The molecule has 0 saturated heterocycles. The summed E-state index contributed by atoms with van der Waals surface area (Å²) in [5.41, 5.74) is 3.36. The van der Waals surface area contributed by atoms with Crippen LogP contribution in [0.4, 0.5) is 5.69 Å². The number of carboxylic acids is 1. The molecule has 2 aromatic rings. The predicted molar refractivity (Wildman–Crippen MR) is 84.8 cm³/mol. The van der Waals surface area contributed by atoms with Gasteiger partial charge >= 0.3 is 5.97 Å². The molecule has 3 rings (SSSR count). The van der Waals surface area contributed by atoms with Gasteiger partial charge in [0.2, 0.25) is 0 Å². The molecule has 0 spiro atoms. The first-order valence-electron chi connectivity index (χ1n) is 6.71. The van der Waals surface area contributed by atoms with Gasteiger partial charge in [0.05, 0.1) is 16.3 Å². The number of nitrogens with zero attached hydrogens (tertiary/aromatic N) is 1. The number of aromatic carboxylic acids is 1. The fourth-order valence-electron chi connectivity index (χ4n) is 2.50. The fourth-order valence-corrected chi connectivity index (χ4v) is 2.75. The Morgan fingerprint density at radius 3 is 2.71 bits per heavy atom. The lowest BCUT2D eigenvalue weighted by atomic mass is 10.0. The highest BCUT2D eigenvalue weighted by atomic mass is 35.5. The van der Waals surface area contributed by atoms with E-state index < -0.39 is 5.97 Å². The van der Waals surface area contributed by atoms with Crippen molar-refractivity contribution in [1.82, 2.24) is 0 Å². The molecule has 0 unspecified atom stereocenters. The topological polar surface area (TPSA) is 40.5 Å². The minimum atomic E-state index is -0.904. The van der Waals surface area contributed by atoms with Gasteiger partial charge in [-0.25, -0.2) is 4.79 Å². The highest BCUT2D eigenvalue weighted by Crippen LogP contribution is 2.33. The van der Waals surface area contributed by atoms with Gasteiger partial charge in [0.1, 0.15) is 0 Å². The van der Waals surface area contributed by atoms with Gasteiger partial charge < -0.3 is 10.0 Å². The number of hydrogen-bond donors (Lipinski definition) is 1. The number of anilines is 1. The van der Waals surface area contributed by atoms with Crippen LogP contribution in [0.2, 0.25) is 5.02 Å². The smallest absolute Gasteiger partial charge is 0.335 e. The van der Waals surface area contributed by atoms with E-state index >= 15 is 0 Å². The number of carboxylic acid groups (broad SMARTS) is 1. The van der Waals surface area contributed by atoms with E-state index in [2.05, 4.69) is 4.90 Å². The average Bonchev–Trinajstić information content (AvgIpc) is 2.97. The molecule has 0 atom stereocenters. The molecule has 1 aliphatic rings. The molecule has 0 saturated carbocycles. The lowest BCUT2D eigenvalue weighted by molar-refractivity contribution is 0.0697. The van der Waals surface area contributed by atoms with Crippen LogP contribution in [0.25, 0.3) is 5.57 Å². The van der Waals surface area contributed by atoms with Gasteiger partial charge in [-0.15, -0.1) is 0 Å². The number of rotatable bonds is 3. The Morgan fingerprint density at radius 1 is 1.14 bits per heavy atom. The quantitative estimate of drug-likeness (QED) is 0.919. The highest BCUT2D eigenvalue weighted by Gasteiger charge is 2.17. The molecule has 3 nitrogen and oxygen atoms in total. The van der Waals surface area contributed by atoms with Crippen molar-refractivity contribution in [3.8, 4) is 0 Å². The van der Waals surface area contributed by atoms with Crippen molar-refractivity contribution in [2.45, 2.75) is 6.42 Å². The second kappa shape index (κ2) is 5.62. The first-order valence-corrected chi connectivity index (χ1v) is 7.08.